The number of aromatic nitrogens is 2. The zero-order valence-electron chi connectivity index (χ0n) is 18.6. The van der Waals surface area contributed by atoms with Crippen LogP contribution < -0.4 is 10.6 Å². The third kappa shape index (κ3) is 4.72. The molecule has 0 bridgehead atoms. The number of aryl methyl sites for hydroxylation is 1. The molecule has 3 N–H and O–H groups in total. The molecule has 7 nitrogen and oxygen atoms in total. The van der Waals surface area contributed by atoms with Crippen LogP contribution in [-0.2, 0) is 6.54 Å². The second kappa shape index (κ2) is 9.15. The van der Waals surface area contributed by atoms with E-state index in [1.807, 2.05) is 48.7 Å². The molecule has 0 radical (unpaired) electrons. The van der Waals surface area contributed by atoms with E-state index in [9.17, 15) is 14.7 Å². The molecule has 0 aliphatic heterocycles. The first-order chi connectivity index (χ1) is 16.5. The van der Waals surface area contributed by atoms with Crippen LogP contribution in [0.4, 0.5) is 10.5 Å². The summed E-state index contributed by atoms with van der Waals surface area (Å²) in [6, 6.07) is 18.0. The summed E-state index contributed by atoms with van der Waals surface area (Å²) in [4.78, 5) is 25.8. The van der Waals surface area contributed by atoms with Gasteiger partial charge in [-0.25, -0.2) is 4.79 Å². The minimum absolute atomic E-state index is 0.0175. The molecule has 1 saturated carbocycles. The van der Waals surface area contributed by atoms with E-state index in [-0.39, 0.29) is 23.6 Å². The van der Waals surface area contributed by atoms with Crippen molar-refractivity contribution in [1.29, 1.82) is 0 Å². The van der Waals surface area contributed by atoms with Crippen molar-refractivity contribution in [3.05, 3.63) is 87.7 Å². The Morgan fingerprint density at radius 2 is 1.97 bits per heavy atom. The first kappa shape index (κ1) is 21.9. The summed E-state index contributed by atoms with van der Waals surface area (Å²) in [6.45, 7) is 2.42. The molecule has 1 fully saturated rings. The van der Waals surface area contributed by atoms with E-state index in [2.05, 4.69) is 15.7 Å². The highest BCUT2D eigenvalue weighted by Crippen LogP contribution is 2.42. The molecule has 172 valence electrons. The number of phenolic OH excluding ortho intramolecular Hbond substituents is 1. The van der Waals surface area contributed by atoms with Crippen LogP contribution in [0.25, 0.3) is 11.3 Å². The molecule has 2 aromatic carbocycles. The number of nitrogens with one attached hydrogen (secondary N) is 2. The molecule has 8 heteroatoms. The molecule has 2 aromatic heterocycles. The number of phenols is 1. The lowest BCUT2D eigenvalue weighted by atomic mass is 10.1. The smallest absolute Gasteiger partial charge is 0.342 e. The summed E-state index contributed by atoms with van der Waals surface area (Å²) in [7, 11) is 0. The van der Waals surface area contributed by atoms with Crippen molar-refractivity contribution < 1.29 is 14.7 Å². The fourth-order valence-corrected chi connectivity index (χ4v) is 4.48. The largest absolute Gasteiger partial charge is 0.507 e. The Morgan fingerprint density at radius 3 is 2.68 bits per heavy atom. The highest BCUT2D eigenvalue weighted by atomic mass is 32.1. The number of amides is 2. The molecular formula is C26H24N4O3S. The Morgan fingerprint density at radius 1 is 1.12 bits per heavy atom. The van der Waals surface area contributed by atoms with E-state index in [1.165, 1.54) is 22.1 Å². The third-order valence-electron chi connectivity index (χ3n) is 5.73. The van der Waals surface area contributed by atoms with Gasteiger partial charge in [0.05, 0.1) is 16.3 Å². The standard InChI is InChI=1S/C26H24N4O3S/c1-16-4-2-5-17(12-16)15-27-26(33)30-22(18-7-8-18)14-21(29-30)20-10-9-19(13-23(20)31)28-25(32)24-6-3-11-34-24/h2-6,9-14,18,31H,7-8,15H2,1H3,(H,27,33)(H,28,32). The lowest BCUT2D eigenvalue weighted by molar-refractivity contribution is 0.103. The average Bonchev–Trinajstić information content (AvgIpc) is 3.32. The van der Waals surface area contributed by atoms with Gasteiger partial charge in [0, 0.05) is 29.8 Å². The first-order valence-corrected chi connectivity index (χ1v) is 12.0. The lowest BCUT2D eigenvalue weighted by Gasteiger charge is -2.08. The van der Waals surface area contributed by atoms with Gasteiger partial charge < -0.3 is 15.7 Å². The maximum atomic E-state index is 13.0. The second-order valence-electron chi connectivity index (χ2n) is 8.45. The molecule has 1 aliphatic rings. The second-order valence-corrected chi connectivity index (χ2v) is 9.40. The molecule has 0 unspecified atom stereocenters. The molecule has 2 heterocycles. The maximum Gasteiger partial charge on any atom is 0.342 e. The van der Waals surface area contributed by atoms with Crippen molar-refractivity contribution in [1.82, 2.24) is 15.1 Å². The molecule has 0 spiro atoms. The Kier molecular flexibility index (Phi) is 5.90. The van der Waals surface area contributed by atoms with E-state index >= 15 is 0 Å². The van der Waals surface area contributed by atoms with Gasteiger partial charge in [-0.15, -0.1) is 11.3 Å². The normalized spacial score (nSPS) is 13.0. The number of anilines is 1. The van der Waals surface area contributed by atoms with Gasteiger partial charge in [-0.3, -0.25) is 4.79 Å². The number of hydrogen-bond donors (Lipinski definition) is 3. The SMILES string of the molecule is Cc1cccc(CNC(=O)n2nc(-c3ccc(NC(=O)c4cccs4)cc3O)cc2C2CC2)c1. The van der Waals surface area contributed by atoms with Crippen LogP contribution in [0.1, 0.15) is 45.3 Å². The summed E-state index contributed by atoms with van der Waals surface area (Å²) in [5.41, 5.74) is 4.50. The Hall–Kier alpha value is -3.91. The Labute approximate surface area is 201 Å². The number of carbonyl (C=O) groups excluding carboxylic acids is 2. The van der Waals surface area contributed by atoms with Crippen LogP contribution in [-0.4, -0.2) is 26.8 Å². The highest BCUT2D eigenvalue weighted by molar-refractivity contribution is 7.12. The number of carbonyl (C=O) groups is 2. The summed E-state index contributed by atoms with van der Waals surface area (Å²) in [5, 5.41) is 22.7. The summed E-state index contributed by atoms with van der Waals surface area (Å²) >= 11 is 1.35. The first-order valence-electron chi connectivity index (χ1n) is 11.1. The van der Waals surface area contributed by atoms with Crippen molar-refractivity contribution in [2.75, 3.05) is 5.32 Å². The number of hydrogen-bond acceptors (Lipinski definition) is 5. The van der Waals surface area contributed by atoms with Crippen molar-refractivity contribution >= 4 is 29.0 Å². The van der Waals surface area contributed by atoms with E-state index in [4.69, 9.17) is 0 Å². The van der Waals surface area contributed by atoms with Crippen molar-refractivity contribution in [3.63, 3.8) is 0 Å². The van der Waals surface area contributed by atoms with Crippen molar-refractivity contribution in [3.8, 4) is 17.0 Å². The molecule has 1 aliphatic carbocycles. The third-order valence-corrected chi connectivity index (χ3v) is 6.60. The highest BCUT2D eigenvalue weighted by Gasteiger charge is 2.30. The molecular weight excluding hydrogens is 448 g/mol. The minimum Gasteiger partial charge on any atom is -0.507 e. The number of nitrogens with zero attached hydrogens (tertiary/aromatic N) is 2. The van der Waals surface area contributed by atoms with Crippen LogP contribution in [0.3, 0.4) is 0 Å². The van der Waals surface area contributed by atoms with Gasteiger partial charge >= 0.3 is 6.03 Å². The average molecular weight is 473 g/mol. The van der Waals surface area contributed by atoms with Gasteiger partial charge in [-0.05, 0) is 55.0 Å². The predicted molar refractivity (Wildman–Crippen MR) is 132 cm³/mol. The summed E-state index contributed by atoms with van der Waals surface area (Å²) < 4.78 is 1.41. The summed E-state index contributed by atoms with van der Waals surface area (Å²) in [6.07, 6.45) is 2.02. The quantitative estimate of drug-likeness (QED) is 0.345. The van der Waals surface area contributed by atoms with Crippen molar-refractivity contribution in [2.24, 2.45) is 0 Å². The summed E-state index contributed by atoms with van der Waals surface area (Å²) in [5.74, 6) is 0.0429. The monoisotopic (exact) mass is 472 g/mol. The molecule has 4 aromatic rings. The van der Waals surface area contributed by atoms with Gasteiger partial charge in [0.25, 0.3) is 5.91 Å². The zero-order valence-corrected chi connectivity index (χ0v) is 19.4. The van der Waals surface area contributed by atoms with Crippen LogP contribution in [0.2, 0.25) is 0 Å². The van der Waals surface area contributed by atoms with Crippen LogP contribution in [0.15, 0.2) is 66.0 Å². The number of rotatable bonds is 6. The van der Waals surface area contributed by atoms with E-state index in [0.29, 0.717) is 28.4 Å². The molecule has 5 rings (SSSR count). The topological polar surface area (TPSA) is 96.3 Å². The van der Waals surface area contributed by atoms with E-state index in [1.54, 1.807) is 18.2 Å². The fourth-order valence-electron chi connectivity index (χ4n) is 3.86. The molecule has 2 amide bonds. The van der Waals surface area contributed by atoms with E-state index < -0.39 is 0 Å². The Balaban J connectivity index is 1.35. The molecule has 0 atom stereocenters. The number of benzene rings is 2. The van der Waals surface area contributed by atoms with E-state index in [0.717, 1.165) is 29.7 Å². The zero-order chi connectivity index (χ0) is 23.7. The lowest BCUT2D eigenvalue weighted by Crippen LogP contribution is -2.30. The van der Waals surface area contributed by atoms with Crippen LogP contribution in [0.5, 0.6) is 5.75 Å². The van der Waals surface area contributed by atoms with Crippen molar-refractivity contribution in [2.45, 2.75) is 32.2 Å². The fraction of sp³-hybridized carbons (Fsp3) is 0.192. The molecule has 34 heavy (non-hydrogen) atoms. The molecule has 0 saturated heterocycles. The van der Waals surface area contributed by atoms with Gasteiger partial charge in [-0.2, -0.15) is 9.78 Å². The van der Waals surface area contributed by atoms with Crippen LogP contribution in [0, 0.1) is 6.92 Å². The predicted octanol–water partition coefficient (Wildman–Crippen LogP) is 5.51. The number of thiophene rings is 1. The minimum atomic E-state index is -0.297. The van der Waals surface area contributed by atoms with Gasteiger partial charge in [0.1, 0.15) is 5.75 Å². The Bertz CT molecular complexity index is 1360. The maximum absolute atomic E-state index is 13.0. The van der Waals surface area contributed by atoms with Gasteiger partial charge in [-0.1, -0.05) is 35.9 Å². The number of aromatic hydroxyl groups is 1. The van der Waals surface area contributed by atoms with Gasteiger partial charge in [0.2, 0.25) is 0 Å². The van der Waals surface area contributed by atoms with Crippen LogP contribution >= 0.6 is 11.3 Å². The van der Waals surface area contributed by atoms with Gasteiger partial charge in [0.15, 0.2) is 0 Å².